The molecule has 0 aliphatic carbocycles. The van der Waals surface area contributed by atoms with Crippen molar-refractivity contribution in [2.75, 3.05) is 0 Å². The minimum atomic E-state index is -0.475. The number of amides is 2. The Labute approximate surface area is 151 Å². The molecule has 0 saturated carbocycles. The zero-order chi connectivity index (χ0) is 18.0. The molecule has 7 heteroatoms. The van der Waals surface area contributed by atoms with Crippen molar-refractivity contribution >= 4 is 23.3 Å². The number of nitrogens with one attached hydrogen (secondary N) is 2. The average Bonchev–Trinajstić information content (AvgIpc) is 2.97. The fourth-order valence-electron chi connectivity index (χ4n) is 2.78. The topological polar surface area (TPSA) is 71.3 Å². The van der Waals surface area contributed by atoms with Crippen LogP contribution < -0.4 is 10.6 Å². The normalized spacial score (nSPS) is 12.4. The van der Waals surface area contributed by atoms with Crippen LogP contribution in [0.3, 0.4) is 0 Å². The molecule has 0 aliphatic rings. The van der Waals surface area contributed by atoms with Crippen LogP contribution in [0.1, 0.15) is 36.7 Å². The second-order valence-electron chi connectivity index (χ2n) is 6.15. The van der Waals surface area contributed by atoms with E-state index in [4.69, 9.17) is 11.6 Å². The molecule has 6 nitrogen and oxygen atoms in total. The van der Waals surface area contributed by atoms with E-state index in [0.29, 0.717) is 10.7 Å². The van der Waals surface area contributed by atoms with Crippen LogP contribution in [0.5, 0.6) is 0 Å². The Balaban J connectivity index is 2.10. The van der Waals surface area contributed by atoms with Gasteiger partial charge in [-0.2, -0.15) is 5.10 Å². The van der Waals surface area contributed by atoms with Gasteiger partial charge < -0.3 is 10.6 Å². The van der Waals surface area contributed by atoms with E-state index < -0.39 is 6.04 Å². The monoisotopic (exact) mass is 357 g/mol. The van der Waals surface area contributed by atoms with Crippen molar-refractivity contribution in [3.8, 4) is 0 Å². The van der Waals surface area contributed by atoms with Crippen molar-refractivity contribution in [2.45, 2.75) is 32.9 Å². The fourth-order valence-corrected chi connectivity index (χ4v) is 3.11. The van der Waals surface area contributed by atoms with Gasteiger partial charge in [-0.1, -0.05) is 23.7 Å². The first-order valence-corrected chi connectivity index (χ1v) is 8.46. The van der Waals surface area contributed by atoms with Gasteiger partial charge in [-0.25, -0.2) is 14.3 Å². The number of nitrogens with zero attached hydrogens (tertiary/aromatic N) is 3. The lowest BCUT2D eigenvalue weighted by atomic mass is 9.99. The second-order valence-corrected chi connectivity index (χ2v) is 6.56. The predicted molar refractivity (Wildman–Crippen MR) is 97.8 cm³/mol. The molecule has 2 amide bonds. The Kier molecular flexibility index (Phi) is 4.90. The number of fused-ring (bicyclic) bond motifs is 1. The molecule has 0 fully saturated rings. The summed E-state index contributed by atoms with van der Waals surface area (Å²) in [4.78, 5) is 16.8. The van der Waals surface area contributed by atoms with E-state index in [-0.39, 0.29) is 12.1 Å². The summed E-state index contributed by atoms with van der Waals surface area (Å²) in [5.41, 5.74) is 3.26. The molecular weight excluding hydrogens is 338 g/mol. The first-order valence-electron chi connectivity index (χ1n) is 8.08. The van der Waals surface area contributed by atoms with E-state index in [1.165, 1.54) is 0 Å². The van der Waals surface area contributed by atoms with Gasteiger partial charge in [0.1, 0.15) is 6.04 Å². The second kappa shape index (κ2) is 7.11. The lowest BCUT2D eigenvalue weighted by Gasteiger charge is -2.22. The molecule has 0 radical (unpaired) electrons. The summed E-state index contributed by atoms with van der Waals surface area (Å²) in [6, 6.07) is 8.62. The number of imidazole rings is 1. The van der Waals surface area contributed by atoms with Gasteiger partial charge in [-0.3, -0.25) is 0 Å². The number of urea groups is 1. The molecule has 1 unspecified atom stereocenters. The fraction of sp³-hybridized carbons (Fsp3) is 0.278. The molecule has 0 bridgehead atoms. The summed E-state index contributed by atoms with van der Waals surface area (Å²) in [6.45, 7) is 5.78. The first kappa shape index (κ1) is 17.2. The van der Waals surface area contributed by atoms with Crippen LogP contribution in [0.15, 0.2) is 42.7 Å². The number of rotatable bonds is 4. The van der Waals surface area contributed by atoms with Crippen LogP contribution in [0.2, 0.25) is 5.02 Å². The van der Waals surface area contributed by atoms with E-state index in [0.717, 1.165) is 16.8 Å². The van der Waals surface area contributed by atoms with Gasteiger partial charge in [0.05, 0.1) is 11.9 Å². The van der Waals surface area contributed by atoms with Crippen molar-refractivity contribution in [1.29, 1.82) is 0 Å². The van der Waals surface area contributed by atoms with Crippen molar-refractivity contribution in [1.82, 2.24) is 25.2 Å². The third-order valence-electron chi connectivity index (χ3n) is 3.85. The highest BCUT2D eigenvalue weighted by atomic mass is 35.5. The lowest BCUT2D eigenvalue weighted by molar-refractivity contribution is 0.236. The van der Waals surface area contributed by atoms with Crippen molar-refractivity contribution in [2.24, 2.45) is 0 Å². The molecule has 2 N–H and O–H groups in total. The van der Waals surface area contributed by atoms with Crippen molar-refractivity contribution < 1.29 is 4.79 Å². The SMILES string of the molecule is Cc1cccc(Cl)c1C(NC(=O)NC(C)C)c1cnc2cccnn12. The number of aryl methyl sites for hydroxylation is 1. The van der Waals surface area contributed by atoms with Crippen LogP contribution in [-0.4, -0.2) is 26.7 Å². The van der Waals surface area contributed by atoms with Crippen LogP contribution in [0.4, 0.5) is 4.79 Å². The number of halogens is 1. The van der Waals surface area contributed by atoms with Crippen LogP contribution in [-0.2, 0) is 0 Å². The van der Waals surface area contributed by atoms with Gasteiger partial charge in [-0.15, -0.1) is 0 Å². The molecule has 25 heavy (non-hydrogen) atoms. The highest BCUT2D eigenvalue weighted by Crippen LogP contribution is 2.31. The zero-order valence-corrected chi connectivity index (χ0v) is 15.1. The number of carbonyl (C=O) groups is 1. The predicted octanol–water partition coefficient (Wildman–Crippen LogP) is 3.49. The molecule has 0 spiro atoms. The summed E-state index contributed by atoms with van der Waals surface area (Å²) in [6.07, 6.45) is 3.40. The standard InChI is InChI=1S/C18H20ClN5O/c1-11(2)22-18(25)23-17(16-12(3)6-4-7-13(16)19)14-10-20-15-8-5-9-21-24(14)15/h4-11,17H,1-3H3,(H2,22,23,25). The smallest absolute Gasteiger partial charge is 0.315 e. The maximum Gasteiger partial charge on any atom is 0.315 e. The van der Waals surface area contributed by atoms with E-state index in [1.807, 2.05) is 51.1 Å². The third kappa shape index (κ3) is 3.58. The third-order valence-corrected chi connectivity index (χ3v) is 4.18. The van der Waals surface area contributed by atoms with Gasteiger partial charge in [0.15, 0.2) is 5.65 Å². The molecule has 1 aromatic carbocycles. The Bertz CT molecular complexity index is 885. The Morgan fingerprint density at radius 1 is 1.20 bits per heavy atom. The van der Waals surface area contributed by atoms with Crippen molar-refractivity contribution in [3.63, 3.8) is 0 Å². The van der Waals surface area contributed by atoms with Crippen LogP contribution >= 0.6 is 11.6 Å². The lowest BCUT2D eigenvalue weighted by Crippen LogP contribution is -2.42. The van der Waals surface area contributed by atoms with Gasteiger partial charge >= 0.3 is 6.03 Å². The van der Waals surface area contributed by atoms with Crippen LogP contribution in [0.25, 0.3) is 5.65 Å². The maximum absolute atomic E-state index is 12.4. The van der Waals surface area contributed by atoms with E-state index >= 15 is 0 Å². The number of hydrogen-bond acceptors (Lipinski definition) is 3. The van der Waals surface area contributed by atoms with Gasteiger partial charge in [0, 0.05) is 22.8 Å². The highest BCUT2D eigenvalue weighted by Gasteiger charge is 2.25. The summed E-state index contributed by atoms with van der Waals surface area (Å²) >= 11 is 6.46. The first-order chi connectivity index (χ1) is 12.0. The van der Waals surface area contributed by atoms with E-state index in [9.17, 15) is 4.79 Å². The summed E-state index contributed by atoms with van der Waals surface area (Å²) < 4.78 is 1.71. The number of benzene rings is 1. The molecule has 0 saturated heterocycles. The quantitative estimate of drug-likeness (QED) is 0.750. The maximum atomic E-state index is 12.4. The van der Waals surface area contributed by atoms with Gasteiger partial charge in [0.25, 0.3) is 0 Å². The largest absolute Gasteiger partial charge is 0.336 e. The molecule has 1 atom stereocenters. The molecule has 2 aromatic heterocycles. The minimum absolute atomic E-state index is 0.0216. The number of hydrogen-bond donors (Lipinski definition) is 2. The van der Waals surface area contributed by atoms with E-state index in [1.54, 1.807) is 16.9 Å². The Hall–Kier alpha value is -2.60. The van der Waals surface area contributed by atoms with Gasteiger partial charge in [-0.05, 0) is 44.5 Å². The molecule has 130 valence electrons. The molecule has 2 heterocycles. The summed E-state index contributed by atoms with van der Waals surface area (Å²) in [5.74, 6) is 0. The molecule has 3 rings (SSSR count). The molecule has 3 aromatic rings. The molecule has 0 aliphatic heterocycles. The average molecular weight is 358 g/mol. The molecular formula is C18H20ClN5O. The number of carbonyl (C=O) groups excluding carboxylic acids is 1. The zero-order valence-electron chi connectivity index (χ0n) is 14.3. The van der Waals surface area contributed by atoms with E-state index in [2.05, 4.69) is 20.7 Å². The summed E-state index contributed by atoms with van der Waals surface area (Å²) in [7, 11) is 0. The summed E-state index contributed by atoms with van der Waals surface area (Å²) in [5, 5.41) is 10.8. The van der Waals surface area contributed by atoms with Gasteiger partial charge in [0.2, 0.25) is 0 Å². The Morgan fingerprint density at radius 2 is 2.00 bits per heavy atom. The Morgan fingerprint density at radius 3 is 2.72 bits per heavy atom. The van der Waals surface area contributed by atoms with Crippen molar-refractivity contribution in [3.05, 3.63) is 64.6 Å². The number of aromatic nitrogens is 3. The minimum Gasteiger partial charge on any atom is -0.336 e. The van der Waals surface area contributed by atoms with Crippen LogP contribution in [0, 0.1) is 6.92 Å². The highest BCUT2D eigenvalue weighted by molar-refractivity contribution is 6.31.